The van der Waals surface area contributed by atoms with E-state index >= 15 is 0 Å². The summed E-state index contributed by atoms with van der Waals surface area (Å²) < 4.78 is 24.8. The predicted octanol–water partition coefficient (Wildman–Crippen LogP) is 6.41. The normalized spacial score (nSPS) is 14.4. The monoisotopic (exact) mass is 732 g/mol. The van der Waals surface area contributed by atoms with Gasteiger partial charge in [-0.15, -0.1) is 0 Å². The van der Waals surface area contributed by atoms with Gasteiger partial charge >= 0.3 is 11.9 Å². The molecule has 0 fully saturated rings. The Balaban J connectivity index is 1.58. The third kappa shape index (κ3) is 6.21. The van der Waals surface area contributed by atoms with Crippen LogP contribution >= 0.6 is 38.9 Å². The van der Waals surface area contributed by atoms with E-state index in [1.165, 1.54) is 18.8 Å². The number of nitrogens with zero attached hydrogens (tertiary/aromatic N) is 2. The van der Waals surface area contributed by atoms with Gasteiger partial charge in [0.05, 0.1) is 42.2 Å². The molecule has 5 aromatic rings. The predicted molar refractivity (Wildman–Crippen MR) is 182 cm³/mol. The summed E-state index contributed by atoms with van der Waals surface area (Å²) in [4.78, 5) is 45.7. The molecule has 3 aromatic carbocycles. The van der Waals surface area contributed by atoms with E-state index in [0.717, 1.165) is 15.8 Å². The van der Waals surface area contributed by atoms with Crippen molar-refractivity contribution in [2.24, 2.45) is 4.99 Å². The van der Waals surface area contributed by atoms with Crippen LogP contribution in [0.3, 0.4) is 0 Å². The Hall–Kier alpha value is -4.71. The fraction of sp³-hybridized carbons (Fsp3) is 0.143. The first-order valence-electron chi connectivity index (χ1n) is 14.3. The smallest absolute Gasteiger partial charge is 0.338 e. The zero-order valence-corrected chi connectivity index (χ0v) is 28.4. The van der Waals surface area contributed by atoms with E-state index in [-0.39, 0.29) is 17.7 Å². The van der Waals surface area contributed by atoms with Crippen molar-refractivity contribution < 1.29 is 28.2 Å². The van der Waals surface area contributed by atoms with Gasteiger partial charge in [0.25, 0.3) is 5.56 Å². The van der Waals surface area contributed by atoms with Crippen molar-refractivity contribution in [1.82, 2.24) is 4.57 Å². The Morgan fingerprint density at radius 3 is 2.55 bits per heavy atom. The molecule has 6 rings (SSSR count). The molecule has 1 atom stereocenters. The average molecular weight is 734 g/mol. The number of furan rings is 1. The number of halogens is 2. The minimum absolute atomic E-state index is 0.127. The van der Waals surface area contributed by atoms with E-state index in [1.807, 2.05) is 42.5 Å². The molecular weight excluding hydrogens is 708 g/mol. The second kappa shape index (κ2) is 13.6. The summed E-state index contributed by atoms with van der Waals surface area (Å²) in [5, 5.41) is 0.411. The van der Waals surface area contributed by atoms with Crippen molar-refractivity contribution in [3.05, 3.63) is 136 Å². The maximum Gasteiger partial charge on any atom is 0.338 e. The van der Waals surface area contributed by atoms with E-state index in [4.69, 9.17) is 35.2 Å². The van der Waals surface area contributed by atoms with Crippen LogP contribution in [0, 0.1) is 0 Å². The molecule has 0 saturated heterocycles. The van der Waals surface area contributed by atoms with Crippen molar-refractivity contribution in [2.75, 3.05) is 20.8 Å². The molecule has 0 spiro atoms. The van der Waals surface area contributed by atoms with Gasteiger partial charge in [-0.1, -0.05) is 69.2 Å². The molecule has 0 amide bonds. The number of carbonyl (C=O) groups is 2. The lowest BCUT2D eigenvalue weighted by molar-refractivity contribution is -0.138. The number of aromatic nitrogens is 1. The van der Waals surface area contributed by atoms with Gasteiger partial charge in [0.2, 0.25) is 0 Å². The van der Waals surface area contributed by atoms with Gasteiger partial charge in [0, 0.05) is 32.3 Å². The van der Waals surface area contributed by atoms with Crippen molar-refractivity contribution in [2.45, 2.75) is 13.0 Å². The molecule has 3 heterocycles. The van der Waals surface area contributed by atoms with Gasteiger partial charge in [-0.3, -0.25) is 9.36 Å². The van der Waals surface area contributed by atoms with Gasteiger partial charge in [-0.2, -0.15) is 0 Å². The number of hydrogen-bond acceptors (Lipinski definition) is 9. The first-order valence-corrected chi connectivity index (χ1v) is 16.3. The second-order valence-electron chi connectivity index (χ2n) is 10.2. The van der Waals surface area contributed by atoms with E-state index in [2.05, 4.69) is 15.9 Å². The van der Waals surface area contributed by atoms with Gasteiger partial charge < -0.3 is 18.6 Å². The Kier molecular flexibility index (Phi) is 9.31. The molecular formula is C35H26BrClN2O7S. The number of fused-ring (bicyclic) bond motifs is 1. The van der Waals surface area contributed by atoms with Crippen molar-refractivity contribution in [1.29, 1.82) is 0 Å². The van der Waals surface area contributed by atoms with E-state index in [1.54, 1.807) is 49.4 Å². The van der Waals surface area contributed by atoms with E-state index in [9.17, 15) is 14.4 Å². The maximum atomic E-state index is 14.3. The third-order valence-electron chi connectivity index (χ3n) is 7.41. The van der Waals surface area contributed by atoms with Gasteiger partial charge in [-0.25, -0.2) is 14.6 Å². The molecule has 12 heteroatoms. The summed E-state index contributed by atoms with van der Waals surface area (Å²) >= 11 is 10.9. The number of esters is 2. The van der Waals surface area contributed by atoms with Crippen molar-refractivity contribution in [3.8, 4) is 17.1 Å². The quantitative estimate of drug-likeness (QED) is 0.170. The number of carbonyl (C=O) groups excluding carboxylic acids is 2. The van der Waals surface area contributed by atoms with Gasteiger partial charge in [-0.05, 0) is 55.5 Å². The van der Waals surface area contributed by atoms with Crippen LogP contribution in [0.1, 0.15) is 40.2 Å². The molecule has 1 aliphatic heterocycles. The van der Waals surface area contributed by atoms with E-state index < -0.39 is 23.5 Å². The number of rotatable bonds is 8. The number of thiazole rings is 1. The highest BCUT2D eigenvalue weighted by Crippen LogP contribution is 2.40. The molecule has 0 bridgehead atoms. The molecule has 1 aliphatic rings. The average Bonchev–Trinajstić information content (AvgIpc) is 3.67. The largest absolute Gasteiger partial charge is 0.496 e. The number of benzene rings is 3. The molecule has 0 unspecified atom stereocenters. The number of hydrogen-bond donors (Lipinski definition) is 0. The fourth-order valence-corrected chi connectivity index (χ4v) is 6.90. The van der Waals surface area contributed by atoms with Crippen molar-refractivity contribution >= 4 is 62.6 Å². The number of methoxy groups -OCH3 is 2. The topological polar surface area (TPSA) is 109 Å². The second-order valence-corrected chi connectivity index (χ2v) is 12.6. The molecule has 2 aromatic heterocycles. The van der Waals surface area contributed by atoms with Gasteiger partial charge in [0.15, 0.2) is 4.80 Å². The zero-order chi connectivity index (χ0) is 33.2. The lowest BCUT2D eigenvalue weighted by Crippen LogP contribution is -2.40. The van der Waals surface area contributed by atoms with Crippen LogP contribution in [0.5, 0.6) is 5.75 Å². The number of ether oxygens (including phenoxy) is 3. The highest BCUT2D eigenvalue weighted by Gasteiger charge is 2.37. The van der Waals surface area contributed by atoms with Crippen LogP contribution in [0.2, 0.25) is 5.02 Å². The highest BCUT2D eigenvalue weighted by molar-refractivity contribution is 9.10. The first-order chi connectivity index (χ1) is 22.7. The molecule has 238 valence electrons. The highest BCUT2D eigenvalue weighted by atomic mass is 79.9. The molecule has 9 nitrogen and oxygen atoms in total. The lowest BCUT2D eigenvalue weighted by Gasteiger charge is -2.27. The first kappa shape index (κ1) is 32.2. The molecule has 0 aliphatic carbocycles. The standard InChI is InChI=1S/C35H26BrClN2O7S/c1-4-45-34(42)29-30(19-8-6-5-7-9-19)38-35-39(31(29)25-16-20(36)10-14-26(25)43-2)32(40)28(47-35)18-22-12-15-27(46-22)24-17-21(37)11-13-23(24)33(41)44-3/h5-18,31H,4H2,1-3H3/b28-18-/t31-/m1/s1. The Labute approximate surface area is 286 Å². The lowest BCUT2D eigenvalue weighted by atomic mass is 9.92. The maximum absolute atomic E-state index is 14.3. The summed E-state index contributed by atoms with van der Waals surface area (Å²) in [6.07, 6.45) is 1.60. The van der Waals surface area contributed by atoms with Crippen molar-refractivity contribution in [3.63, 3.8) is 0 Å². The Morgan fingerprint density at radius 2 is 1.83 bits per heavy atom. The minimum Gasteiger partial charge on any atom is -0.496 e. The summed E-state index contributed by atoms with van der Waals surface area (Å²) in [6, 6.07) is 21.9. The van der Waals surface area contributed by atoms with Crippen LogP contribution in [0.25, 0.3) is 23.1 Å². The van der Waals surface area contributed by atoms with Crippen LogP contribution < -0.4 is 19.6 Å². The fourth-order valence-electron chi connectivity index (χ4n) is 5.37. The molecule has 47 heavy (non-hydrogen) atoms. The zero-order valence-electron chi connectivity index (χ0n) is 25.3. The molecule has 0 N–H and O–H groups in total. The van der Waals surface area contributed by atoms with Crippen LogP contribution in [-0.4, -0.2) is 37.3 Å². The van der Waals surface area contributed by atoms with Crippen LogP contribution in [0.4, 0.5) is 0 Å². The Morgan fingerprint density at radius 1 is 1.04 bits per heavy atom. The Bertz CT molecular complexity index is 2240. The molecule has 0 saturated carbocycles. The SMILES string of the molecule is CCOC(=O)C1=C(c2ccccc2)N=c2s/c(=C\c3ccc(-c4cc(Cl)ccc4C(=O)OC)o3)c(=O)n2[C@@H]1c1cc(Br)ccc1OC. The summed E-state index contributed by atoms with van der Waals surface area (Å²) in [5.74, 6) is 0.0419. The summed E-state index contributed by atoms with van der Waals surface area (Å²) in [5.41, 5.74) is 2.17. The minimum atomic E-state index is -0.934. The third-order valence-corrected chi connectivity index (χ3v) is 9.12. The summed E-state index contributed by atoms with van der Waals surface area (Å²) in [7, 11) is 2.82. The van der Waals surface area contributed by atoms with Gasteiger partial charge in [0.1, 0.15) is 23.3 Å². The van der Waals surface area contributed by atoms with E-state index in [0.29, 0.717) is 54.0 Å². The molecule has 0 radical (unpaired) electrons. The van der Waals surface area contributed by atoms with Crippen LogP contribution in [-0.2, 0) is 14.3 Å². The summed E-state index contributed by atoms with van der Waals surface area (Å²) in [6.45, 7) is 1.85. The van der Waals surface area contributed by atoms with Crippen LogP contribution in [0.15, 0.2) is 103 Å².